The molecule has 5 nitrogen and oxygen atoms in total. The number of rotatable bonds is 3. The summed E-state index contributed by atoms with van der Waals surface area (Å²) in [6, 6.07) is 17.6. The molecular weight excluding hydrogens is 312 g/mol. The van der Waals surface area contributed by atoms with E-state index in [0.717, 1.165) is 15.4 Å². The van der Waals surface area contributed by atoms with E-state index in [9.17, 15) is 13.2 Å². The van der Waals surface area contributed by atoms with Gasteiger partial charge < -0.3 is 0 Å². The maximum Gasteiger partial charge on any atom is 0.305 e. The third kappa shape index (κ3) is 2.75. The molecule has 0 aromatic heterocycles. The van der Waals surface area contributed by atoms with Gasteiger partial charge in [-0.25, -0.2) is 4.31 Å². The van der Waals surface area contributed by atoms with E-state index in [4.69, 9.17) is 0 Å². The van der Waals surface area contributed by atoms with Gasteiger partial charge in [0.15, 0.2) is 0 Å². The van der Waals surface area contributed by atoms with Crippen LogP contribution in [0.1, 0.15) is 31.0 Å². The highest BCUT2D eigenvalue weighted by atomic mass is 32.2. The van der Waals surface area contributed by atoms with E-state index in [1.165, 1.54) is 0 Å². The smallest absolute Gasteiger partial charge is 0.272 e. The maximum absolute atomic E-state index is 12.7. The van der Waals surface area contributed by atoms with Gasteiger partial charge in [0.1, 0.15) is 5.54 Å². The van der Waals surface area contributed by atoms with Crippen molar-refractivity contribution in [1.29, 1.82) is 0 Å². The molecule has 0 atom stereocenters. The highest BCUT2D eigenvalue weighted by Crippen LogP contribution is 2.35. The lowest BCUT2D eigenvalue weighted by Gasteiger charge is -2.27. The Hall–Kier alpha value is -2.18. The summed E-state index contributed by atoms with van der Waals surface area (Å²) in [7, 11) is -3.91. The van der Waals surface area contributed by atoms with Gasteiger partial charge in [0, 0.05) is 0 Å². The number of benzene rings is 2. The summed E-state index contributed by atoms with van der Waals surface area (Å²) in [5, 5.41) is 0. The van der Waals surface area contributed by atoms with Crippen molar-refractivity contribution in [2.75, 3.05) is 0 Å². The molecule has 1 aliphatic rings. The van der Waals surface area contributed by atoms with Gasteiger partial charge in [-0.2, -0.15) is 13.1 Å². The van der Waals surface area contributed by atoms with Gasteiger partial charge in [-0.15, -0.1) is 0 Å². The number of nitrogens with one attached hydrogen (secondary N) is 1. The Morgan fingerprint density at radius 3 is 1.70 bits per heavy atom. The summed E-state index contributed by atoms with van der Waals surface area (Å²) in [5.41, 5.74) is 0.339. The molecule has 2 aromatic rings. The predicted molar refractivity (Wildman–Crippen MR) is 87.7 cm³/mol. The third-order valence-electron chi connectivity index (χ3n) is 3.84. The predicted octanol–water partition coefficient (Wildman–Crippen LogP) is 2.23. The fourth-order valence-electron chi connectivity index (χ4n) is 2.79. The summed E-state index contributed by atoms with van der Waals surface area (Å²) >= 11 is 0. The highest BCUT2D eigenvalue weighted by molar-refractivity contribution is 7.88. The first-order valence-electron chi connectivity index (χ1n) is 7.30. The van der Waals surface area contributed by atoms with Crippen molar-refractivity contribution >= 4 is 16.1 Å². The lowest BCUT2D eigenvalue weighted by Crippen LogP contribution is -2.41. The highest BCUT2D eigenvalue weighted by Gasteiger charge is 2.52. The first-order valence-corrected chi connectivity index (χ1v) is 8.74. The van der Waals surface area contributed by atoms with E-state index in [1.54, 1.807) is 13.8 Å². The number of hydrogen-bond donors (Lipinski definition) is 1. The molecule has 120 valence electrons. The van der Waals surface area contributed by atoms with Crippen molar-refractivity contribution in [3.8, 4) is 0 Å². The van der Waals surface area contributed by atoms with Crippen LogP contribution in [-0.2, 0) is 15.0 Å². The van der Waals surface area contributed by atoms with Gasteiger partial charge in [-0.05, 0) is 25.0 Å². The first-order chi connectivity index (χ1) is 10.8. The standard InChI is InChI=1S/C17H18N2O3S/c1-17(2)16(20)19(23(21,22)18-17)15(13-9-5-3-6-10-13)14-11-7-4-8-12-14/h3-12,15,18H,1-2H3. The molecule has 0 radical (unpaired) electrons. The van der Waals surface area contributed by atoms with Crippen molar-refractivity contribution < 1.29 is 13.2 Å². The molecule has 1 fully saturated rings. The average Bonchev–Trinajstić information content (AvgIpc) is 2.68. The Kier molecular flexibility index (Phi) is 3.74. The second-order valence-corrected chi connectivity index (χ2v) is 7.60. The van der Waals surface area contributed by atoms with Crippen LogP contribution < -0.4 is 4.72 Å². The van der Waals surface area contributed by atoms with Crippen LogP contribution in [0, 0.1) is 0 Å². The molecule has 0 spiro atoms. The van der Waals surface area contributed by atoms with Gasteiger partial charge in [-0.1, -0.05) is 60.7 Å². The van der Waals surface area contributed by atoms with Crippen LogP contribution >= 0.6 is 0 Å². The van der Waals surface area contributed by atoms with Gasteiger partial charge in [0.25, 0.3) is 5.91 Å². The van der Waals surface area contributed by atoms with Crippen molar-refractivity contribution in [3.63, 3.8) is 0 Å². The molecule has 3 rings (SSSR count). The van der Waals surface area contributed by atoms with E-state index >= 15 is 0 Å². The average molecular weight is 330 g/mol. The van der Waals surface area contributed by atoms with Crippen LogP contribution in [-0.4, -0.2) is 24.2 Å². The zero-order valence-corrected chi connectivity index (χ0v) is 13.7. The van der Waals surface area contributed by atoms with Crippen molar-refractivity contribution in [1.82, 2.24) is 9.03 Å². The molecule has 0 saturated carbocycles. The molecule has 1 saturated heterocycles. The maximum atomic E-state index is 12.7. The van der Waals surface area contributed by atoms with Gasteiger partial charge in [-0.3, -0.25) is 4.79 Å². The molecule has 23 heavy (non-hydrogen) atoms. The number of amides is 1. The summed E-state index contributed by atoms with van der Waals surface area (Å²) in [5.74, 6) is -0.463. The zero-order chi connectivity index (χ0) is 16.7. The Morgan fingerprint density at radius 2 is 1.35 bits per heavy atom. The van der Waals surface area contributed by atoms with Crippen LogP contribution in [0.2, 0.25) is 0 Å². The number of nitrogens with zero attached hydrogens (tertiary/aromatic N) is 1. The van der Waals surface area contributed by atoms with Crippen LogP contribution in [0.5, 0.6) is 0 Å². The molecule has 0 aliphatic carbocycles. The Labute approximate surface area is 136 Å². The number of carbonyl (C=O) groups excluding carboxylic acids is 1. The largest absolute Gasteiger partial charge is 0.305 e. The Bertz CT molecular complexity index is 778. The van der Waals surface area contributed by atoms with Gasteiger partial charge in [0.05, 0.1) is 6.04 Å². The SMILES string of the molecule is CC1(C)NS(=O)(=O)N(C(c2ccccc2)c2ccccc2)C1=O. The lowest BCUT2D eigenvalue weighted by molar-refractivity contribution is -0.130. The summed E-state index contributed by atoms with van der Waals surface area (Å²) < 4.78 is 28.5. The van der Waals surface area contributed by atoms with Crippen LogP contribution in [0.25, 0.3) is 0 Å². The fourth-order valence-corrected chi connectivity index (χ4v) is 4.59. The van der Waals surface area contributed by atoms with E-state index in [-0.39, 0.29) is 0 Å². The molecule has 1 heterocycles. The quantitative estimate of drug-likeness (QED) is 0.938. The van der Waals surface area contributed by atoms with E-state index in [2.05, 4.69) is 4.72 Å². The minimum atomic E-state index is -3.91. The second-order valence-electron chi connectivity index (χ2n) is 6.06. The molecule has 1 N–H and O–H groups in total. The third-order valence-corrected chi connectivity index (χ3v) is 5.51. The molecule has 0 unspecified atom stereocenters. The molecular formula is C17H18N2O3S. The molecule has 6 heteroatoms. The first kappa shape index (κ1) is 15.7. The topological polar surface area (TPSA) is 66.5 Å². The fraction of sp³-hybridized carbons (Fsp3) is 0.235. The van der Waals surface area contributed by atoms with Crippen LogP contribution in [0.4, 0.5) is 0 Å². The molecule has 1 amide bonds. The van der Waals surface area contributed by atoms with Gasteiger partial charge in [0.2, 0.25) is 0 Å². The van der Waals surface area contributed by atoms with Crippen molar-refractivity contribution in [2.45, 2.75) is 25.4 Å². The molecule has 2 aromatic carbocycles. The molecule has 0 bridgehead atoms. The number of carbonyl (C=O) groups is 1. The monoisotopic (exact) mass is 330 g/mol. The number of hydrogen-bond acceptors (Lipinski definition) is 3. The summed E-state index contributed by atoms with van der Waals surface area (Å²) in [6.45, 7) is 3.14. The van der Waals surface area contributed by atoms with E-state index in [1.807, 2.05) is 60.7 Å². The minimum absolute atomic E-state index is 0.463. The van der Waals surface area contributed by atoms with Crippen LogP contribution in [0.3, 0.4) is 0 Å². The Morgan fingerprint density at radius 1 is 0.913 bits per heavy atom. The summed E-state index contributed by atoms with van der Waals surface area (Å²) in [4.78, 5) is 12.7. The van der Waals surface area contributed by atoms with Crippen molar-refractivity contribution in [2.24, 2.45) is 0 Å². The lowest BCUT2D eigenvalue weighted by atomic mass is 9.97. The van der Waals surface area contributed by atoms with Crippen molar-refractivity contribution in [3.05, 3.63) is 71.8 Å². The normalized spacial score (nSPS) is 19.3. The van der Waals surface area contributed by atoms with Crippen LogP contribution in [0.15, 0.2) is 60.7 Å². The van der Waals surface area contributed by atoms with E-state index in [0.29, 0.717) is 0 Å². The molecule has 1 aliphatic heterocycles. The van der Waals surface area contributed by atoms with Gasteiger partial charge >= 0.3 is 10.2 Å². The Balaban J connectivity index is 2.19. The van der Waals surface area contributed by atoms with E-state index < -0.39 is 27.7 Å². The minimum Gasteiger partial charge on any atom is -0.272 e. The second kappa shape index (κ2) is 5.47. The zero-order valence-electron chi connectivity index (χ0n) is 12.9. The summed E-state index contributed by atoms with van der Waals surface area (Å²) in [6.07, 6.45) is 0.